The number of hydrogen-bond acceptors (Lipinski definition) is 3. The number of benzene rings is 1. The van der Waals surface area contributed by atoms with Crippen LogP contribution in [0.3, 0.4) is 0 Å². The smallest absolute Gasteiger partial charge is 0.147 e. The Hall–Kier alpha value is -0.900. The molecule has 0 N–H and O–H groups in total. The van der Waals surface area contributed by atoms with Crippen molar-refractivity contribution in [2.45, 2.75) is 43.9 Å². The molecule has 2 aliphatic rings. The fraction of sp³-hybridized carbons (Fsp3) is 0.625. The quantitative estimate of drug-likeness (QED) is 0.835. The van der Waals surface area contributed by atoms with Crippen LogP contribution in [-0.4, -0.2) is 37.0 Å². The average Bonchev–Trinajstić information content (AvgIpc) is 2.89. The Kier molecular flexibility index (Phi) is 3.87. The van der Waals surface area contributed by atoms with Gasteiger partial charge in [-0.3, -0.25) is 4.90 Å². The molecular formula is C16H23NO2. The van der Waals surface area contributed by atoms with Gasteiger partial charge in [-0.15, -0.1) is 0 Å². The molecule has 1 aliphatic heterocycles. The van der Waals surface area contributed by atoms with Gasteiger partial charge in [-0.2, -0.15) is 0 Å². The Labute approximate surface area is 115 Å². The first-order valence-corrected chi connectivity index (χ1v) is 7.23. The van der Waals surface area contributed by atoms with Crippen LogP contribution in [0, 0.1) is 0 Å². The summed E-state index contributed by atoms with van der Waals surface area (Å²) in [7, 11) is 2.24. The van der Waals surface area contributed by atoms with Crippen LogP contribution in [0.5, 0.6) is 0 Å². The highest BCUT2D eigenvalue weighted by atomic mass is 16.7. The van der Waals surface area contributed by atoms with Crippen molar-refractivity contribution in [1.29, 1.82) is 0 Å². The second-order valence-electron chi connectivity index (χ2n) is 5.93. The van der Waals surface area contributed by atoms with Crippen molar-refractivity contribution in [2.75, 3.05) is 20.4 Å². The largest absolute Gasteiger partial charge is 0.352 e. The summed E-state index contributed by atoms with van der Waals surface area (Å²) in [6, 6.07) is 11.4. The van der Waals surface area contributed by atoms with E-state index in [0.29, 0.717) is 12.8 Å². The molecular weight excluding hydrogens is 238 g/mol. The Morgan fingerprint density at radius 3 is 2.58 bits per heavy atom. The van der Waals surface area contributed by atoms with Gasteiger partial charge in [0.05, 0.1) is 12.2 Å². The van der Waals surface area contributed by atoms with E-state index in [2.05, 4.69) is 42.3 Å². The summed E-state index contributed by atoms with van der Waals surface area (Å²) in [6.07, 6.45) is 4.70. The highest BCUT2D eigenvalue weighted by Gasteiger charge is 2.40. The van der Waals surface area contributed by atoms with Crippen molar-refractivity contribution >= 4 is 0 Å². The second-order valence-corrected chi connectivity index (χ2v) is 5.93. The molecule has 0 atom stereocenters. The maximum atomic E-state index is 5.79. The van der Waals surface area contributed by atoms with Gasteiger partial charge < -0.3 is 9.47 Å². The van der Waals surface area contributed by atoms with E-state index in [0.717, 1.165) is 26.0 Å². The molecule has 1 spiro atoms. The molecule has 0 bridgehead atoms. The Bertz CT molecular complexity index is 390. The van der Waals surface area contributed by atoms with E-state index in [1.807, 2.05) is 0 Å². The number of ether oxygens (including phenoxy) is 2. The fourth-order valence-corrected chi connectivity index (χ4v) is 3.29. The lowest BCUT2D eigenvalue weighted by molar-refractivity contribution is -0.0423. The maximum Gasteiger partial charge on any atom is 0.147 e. The number of rotatable bonds is 3. The summed E-state index contributed by atoms with van der Waals surface area (Å²) >= 11 is 0. The van der Waals surface area contributed by atoms with Crippen molar-refractivity contribution in [3.8, 4) is 0 Å². The highest BCUT2D eigenvalue weighted by molar-refractivity contribution is 5.14. The third-order valence-corrected chi connectivity index (χ3v) is 4.58. The molecule has 1 saturated carbocycles. The van der Waals surface area contributed by atoms with Crippen molar-refractivity contribution in [3.05, 3.63) is 35.9 Å². The SMILES string of the molecule is CN(Cc1ccccc1)C1CCC2(CC1)COCO2. The molecule has 0 aromatic heterocycles. The van der Waals surface area contributed by atoms with Crippen LogP contribution in [0.25, 0.3) is 0 Å². The zero-order valence-electron chi connectivity index (χ0n) is 11.7. The Morgan fingerprint density at radius 1 is 1.21 bits per heavy atom. The Morgan fingerprint density at radius 2 is 1.95 bits per heavy atom. The summed E-state index contributed by atoms with van der Waals surface area (Å²) < 4.78 is 11.2. The third kappa shape index (κ3) is 2.99. The van der Waals surface area contributed by atoms with Crippen molar-refractivity contribution in [1.82, 2.24) is 4.90 Å². The zero-order chi connectivity index (χ0) is 13.1. The van der Waals surface area contributed by atoms with Gasteiger partial charge in [-0.05, 0) is 38.3 Å². The first-order valence-electron chi connectivity index (χ1n) is 7.23. The summed E-state index contributed by atoms with van der Waals surface area (Å²) in [6.45, 7) is 2.32. The normalized spacial score (nSPS) is 31.2. The average molecular weight is 261 g/mol. The molecule has 3 nitrogen and oxygen atoms in total. The molecule has 3 heteroatoms. The first kappa shape index (κ1) is 13.1. The maximum absolute atomic E-state index is 5.79. The standard InChI is InChI=1S/C16H23NO2/c1-17(11-14-5-3-2-4-6-14)15-7-9-16(10-8-15)12-18-13-19-16/h2-6,15H,7-13H2,1H3. The molecule has 3 rings (SSSR count). The van der Waals surface area contributed by atoms with Gasteiger partial charge in [0.1, 0.15) is 6.79 Å². The van der Waals surface area contributed by atoms with Gasteiger partial charge >= 0.3 is 0 Å². The van der Waals surface area contributed by atoms with E-state index in [1.165, 1.54) is 18.4 Å². The van der Waals surface area contributed by atoms with E-state index in [-0.39, 0.29) is 5.60 Å². The van der Waals surface area contributed by atoms with Crippen molar-refractivity contribution in [2.24, 2.45) is 0 Å². The molecule has 1 aromatic rings. The van der Waals surface area contributed by atoms with Gasteiger partial charge in [-0.25, -0.2) is 0 Å². The molecule has 19 heavy (non-hydrogen) atoms. The van der Waals surface area contributed by atoms with Crippen LogP contribution in [-0.2, 0) is 16.0 Å². The van der Waals surface area contributed by atoms with Crippen LogP contribution in [0.2, 0.25) is 0 Å². The van der Waals surface area contributed by atoms with E-state index in [1.54, 1.807) is 0 Å². The molecule has 2 fully saturated rings. The molecule has 1 saturated heterocycles. The van der Waals surface area contributed by atoms with Crippen molar-refractivity contribution < 1.29 is 9.47 Å². The number of hydrogen-bond donors (Lipinski definition) is 0. The molecule has 1 aromatic carbocycles. The zero-order valence-corrected chi connectivity index (χ0v) is 11.7. The molecule has 1 heterocycles. The van der Waals surface area contributed by atoms with Gasteiger partial charge in [-0.1, -0.05) is 30.3 Å². The predicted molar refractivity (Wildman–Crippen MR) is 74.8 cm³/mol. The van der Waals surface area contributed by atoms with Gasteiger partial charge in [0, 0.05) is 12.6 Å². The molecule has 0 unspecified atom stereocenters. The molecule has 104 valence electrons. The Balaban J connectivity index is 1.53. The van der Waals surface area contributed by atoms with Gasteiger partial charge in [0.25, 0.3) is 0 Å². The van der Waals surface area contributed by atoms with Crippen LogP contribution in [0.15, 0.2) is 30.3 Å². The summed E-state index contributed by atoms with van der Waals surface area (Å²) in [5.41, 5.74) is 1.44. The van der Waals surface area contributed by atoms with Crippen molar-refractivity contribution in [3.63, 3.8) is 0 Å². The fourth-order valence-electron chi connectivity index (χ4n) is 3.29. The highest BCUT2D eigenvalue weighted by Crippen LogP contribution is 2.36. The lowest BCUT2D eigenvalue weighted by Gasteiger charge is -2.39. The first-order chi connectivity index (χ1) is 9.27. The third-order valence-electron chi connectivity index (χ3n) is 4.58. The van der Waals surface area contributed by atoms with Crippen LogP contribution in [0.4, 0.5) is 0 Å². The molecule has 0 amide bonds. The summed E-state index contributed by atoms with van der Waals surface area (Å²) in [4.78, 5) is 2.48. The summed E-state index contributed by atoms with van der Waals surface area (Å²) in [5.74, 6) is 0. The second kappa shape index (κ2) is 5.61. The van der Waals surface area contributed by atoms with E-state index < -0.39 is 0 Å². The lowest BCUT2D eigenvalue weighted by Crippen LogP contribution is -2.43. The minimum Gasteiger partial charge on any atom is -0.352 e. The number of nitrogens with zero attached hydrogens (tertiary/aromatic N) is 1. The minimum absolute atomic E-state index is 0.0457. The van der Waals surface area contributed by atoms with E-state index in [9.17, 15) is 0 Å². The van der Waals surface area contributed by atoms with Gasteiger partial charge in [0.2, 0.25) is 0 Å². The molecule has 0 radical (unpaired) electrons. The monoisotopic (exact) mass is 261 g/mol. The minimum atomic E-state index is 0.0457. The predicted octanol–water partition coefficient (Wildman–Crippen LogP) is 2.80. The summed E-state index contributed by atoms with van der Waals surface area (Å²) in [5, 5.41) is 0. The van der Waals surface area contributed by atoms with Crippen LogP contribution in [0.1, 0.15) is 31.2 Å². The van der Waals surface area contributed by atoms with Gasteiger partial charge in [0.15, 0.2) is 0 Å². The lowest BCUT2D eigenvalue weighted by atomic mass is 9.82. The van der Waals surface area contributed by atoms with E-state index >= 15 is 0 Å². The van der Waals surface area contributed by atoms with Crippen LogP contribution < -0.4 is 0 Å². The van der Waals surface area contributed by atoms with E-state index in [4.69, 9.17) is 9.47 Å². The molecule has 1 aliphatic carbocycles. The topological polar surface area (TPSA) is 21.7 Å². The van der Waals surface area contributed by atoms with Crippen LogP contribution >= 0.6 is 0 Å².